The quantitative estimate of drug-likeness (QED) is 0.546. The number of ether oxygens (including phenoxy) is 1. The van der Waals surface area contributed by atoms with Gasteiger partial charge in [-0.25, -0.2) is 9.97 Å². The molecule has 0 radical (unpaired) electrons. The molecule has 0 aliphatic heterocycles. The Bertz CT molecular complexity index is 861. The summed E-state index contributed by atoms with van der Waals surface area (Å²) in [6.45, 7) is 1.03. The average molecular weight is 374 g/mol. The summed E-state index contributed by atoms with van der Waals surface area (Å²) in [4.78, 5) is 8.64. The Balaban J connectivity index is 1.45. The number of nitrogens with zero attached hydrogens (tertiary/aromatic N) is 2. The van der Waals surface area contributed by atoms with Gasteiger partial charge in [-0.2, -0.15) is 0 Å². The van der Waals surface area contributed by atoms with Crippen molar-refractivity contribution in [2.45, 2.75) is 32.1 Å². The van der Waals surface area contributed by atoms with Crippen molar-refractivity contribution in [2.24, 2.45) is 5.92 Å². The molecule has 25 heavy (non-hydrogen) atoms. The number of fused-ring (bicyclic) bond motifs is 1. The monoisotopic (exact) mass is 373 g/mol. The Kier molecular flexibility index (Phi) is 5.04. The van der Waals surface area contributed by atoms with Crippen molar-refractivity contribution in [3.05, 3.63) is 41.7 Å². The molecule has 0 bridgehead atoms. The molecule has 2 aromatic heterocycles. The molecule has 1 fully saturated rings. The highest BCUT2D eigenvalue weighted by Gasteiger charge is 2.14. The summed E-state index contributed by atoms with van der Waals surface area (Å²) in [6, 6.07) is 9.44. The van der Waals surface area contributed by atoms with Crippen LogP contribution in [-0.2, 0) is 0 Å². The Hall–Kier alpha value is -1.85. The highest BCUT2D eigenvalue weighted by atomic mass is 35.5. The van der Waals surface area contributed by atoms with E-state index in [0.717, 1.165) is 33.6 Å². The number of aromatic nitrogens is 2. The first-order chi connectivity index (χ1) is 12.3. The Morgan fingerprint density at radius 1 is 1.12 bits per heavy atom. The van der Waals surface area contributed by atoms with E-state index in [-0.39, 0.29) is 0 Å². The van der Waals surface area contributed by atoms with Crippen molar-refractivity contribution in [1.29, 1.82) is 0 Å². The van der Waals surface area contributed by atoms with Crippen LogP contribution >= 0.6 is 22.9 Å². The van der Waals surface area contributed by atoms with Crippen molar-refractivity contribution in [3.63, 3.8) is 0 Å². The number of anilines is 1. The minimum Gasteiger partial charge on any atom is -0.457 e. The first kappa shape index (κ1) is 16.6. The standard InChI is InChI=1S/C19H20ClN3OS/c20-18-11-15(8-9-21-18)24-14-6-7-16-17(10-14)25-19(23-16)22-12-13-4-2-1-3-5-13/h6-11,13H,1-5,12H2,(H,22,23). The van der Waals surface area contributed by atoms with E-state index in [2.05, 4.69) is 15.3 Å². The summed E-state index contributed by atoms with van der Waals surface area (Å²) < 4.78 is 6.98. The fourth-order valence-electron chi connectivity index (χ4n) is 3.25. The summed E-state index contributed by atoms with van der Waals surface area (Å²) in [6.07, 6.45) is 8.44. The van der Waals surface area contributed by atoms with Crippen molar-refractivity contribution < 1.29 is 4.74 Å². The van der Waals surface area contributed by atoms with Gasteiger partial charge in [0, 0.05) is 24.9 Å². The molecule has 2 heterocycles. The molecule has 0 saturated heterocycles. The number of thiazole rings is 1. The summed E-state index contributed by atoms with van der Waals surface area (Å²) >= 11 is 7.57. The Morgan fingerprint density at radius 3 is 2.80 bits per heavy atom. The molecular formula is C19H20ClN3OS. The van der Waals surface area contributed by atoms with Crippen molar-refractivity contribution >= 4 is 38.3 Å². The number of nitrogens with one attached hydrogen (secondary N) is 1. The highest BCUT2D eigenvalue weighted by Crippen LogP contribution is 2.32. The maximum Gasteiger partial charge on any atom is 0.183 e. The highest BCUT2D eigenvalue weighted by molar-refractivity contribution is 7.22. The minimum atomic E-state index is 0.422. The molecule has 4 rings (SSSR count). The predicted molar refractivity (Wildman–Crippen MR) is 104 cm³/mol. The third-order valence-corrected chi connectivity index (χ3v) is 5.74. The second-order valence-electron chi connectivity index (χ2n) is 6.45. The smallest absolute Gasteiger partial charge is 0.183 e. The number of halogens is 1. The van der Waals surface area contributed by atoms with Crippen LogP contribution in [0.2, 0.25) is 5.15 Å². The van der Waals surface area contributed by atoms with Crippen LogP contribution in [0.15, 0.2) is 36.5 Å². The topological polar surface area (TPSA) is 47.0 Å². The lowest BCUT2D eigenvalue weighted by Gasteiger charge is -2.21. The van der Waals surface area contributed by atoms with E-state index in [1.165, 1.54) is 32.1 Å². The van der Waals surface area contributed by atoms with Crippen LogP contribution in [0.1, 0.15) is 32.1 Å². The van der Waals surface area contributed by atoms with Crippen molar-refractivity contribution in [1.82, 2.24) is 9.97 Å². The molecule has 1 N–H and O–H groups in total. The fraction of sp³-hybridized carbons (Fsp3) is 0.368. The van der Waals surface area contributed by atoms with Crippen LogP contribution in [0, 0.1) is 5.92 Å². The van der Waals surface area contributed by atoms with E-state index in [1.54, 1.807) is 29.7 Å². The molecule has 1 aliphatic rings. The van der Waals surface area contributed by atoms with E-state index in [0.29, 0.717) is 10.9 Å². The zero-order valence-electron chi connectivity index (χ0n) is 13.9. The van der Waals surface area contributed by atoms with Crippen LogP contribution < -0.4 is 10.1 Å². The van der Waals surface area contributed by atoms with Gasteiger partial charge in [-0.05, 0) is 37.0 Å². The van der Waals surface area contributed by atoms with E-state index in [1.807, 2.05) is 18.2 Å². The molecule has 0 spiro atoms. The SMILES string of the molecule is Clc1cc(Oc2ccc3nc(NCC4CCCCC4)sc3c2)ccn1. The molecule has 1 saturated carbocycles. The lowest BCUT2D eigenvalue weighted by atomic mass is 9.89. The summed E-state index contributed by atoms with van der Waals surface area (Å²) in [5.74, 6) is 2.24. The van der Waals surface area contributed by atoms with Gasteiger partial charge in [-0.1, -0.05) is 42.2 Å². The third kappa shape index (κ3) is 4.22. The van der Waals surface area contributed by atoms with E-state index < -0.39 is 0 Å². The number of rotatable bonds is 5. The minimum absolute atomic E-state index is 0.422. The second-order valence-corrected chi connectivity index (χ2v) is 7.87. The molecule has 1 aromatic carbocycles. The predicted octanol–water partition coefficient (Wildman–Crippen LogP) is 6.13. The lowest BCUT2D eigenvalue weighted by molar-refractivity contribution is 0.373. The molecule has 130 valence electrons. The van der Waals surface area contributed by atoms with Crippen molar-refractivity contribution in [2.75, 3.05) is 11.9 Å². The Labute approximate surface area is 156 Å². The van der Waals surface area contributed by atoms with Gasteiger partial charge in [-0.3, -0.25) is 0 Å². The number of hydrogen-bond acceptors (Lipinski definition) is 5. The van der Waals surface area contributed by atoms with E-state index in [4.69, 9.17) is 16.3 Å². The normalized spacial score (nSPS) is 15.4. The van der Waals surface area contributed by atoms with Crippen molar-refractivity contribution in [3.8, 4) is 11.5 Å². The van der Waals surface area contributed by atoms with Crippen LogP contribution in [0.25, 0.3) is 10.2 Å². The van der Waals surface area contributed by atoms with Crippen LogP contribution in [0.3, 0.4) is 0 Å². The first-order valence-corrected chi connectivity index (χ1v) is 9.89. The summed E-state index contributed by atoms with van der Waals surface area (Å²) in [7, 11) is 0. The number of benzene rings is 1. The largest absolute Gasteiger partial charge is 0.457 e. The van der Waals surface area contributed by atoms with E-state index >= 15 is 0 Å². The zero-order valence-corrected chi connectivity index (χ0v) is 15.4. The average Bonchev–Trinajstić information content (AvgIpc) is 3.03. The molecule has 0 atom stereocenters. The molecule has 1 aliphatic carbocycles. The summed E-state index contributed by atoms with van der Waals surface area (Å²) in [5.41, 5.74) is 0.997. The van der Waals surface area contributed by atoms with Crippen LogP contribution in [0.5, 0.6) is 11.5 Å². The van der Waals surface area contributed by atoms with Crippen LogP contribution in [0.4, 0.5) is 5.13 Å². The van der Waals surface area contributed by atoms with Gasteiger partial charge in [0.05, 0.1) is 10.2 Å². The molecule has 6 heteroatoms. The second kappa shape index (κ2) is 7.58. The van der Waals surface area contributed by atoms with Crippen LogP contribution in [-0.4, -0.2) is 16.5 Å². The molecule has 4 nitrogen and oxygen atoms in total. The zero-order chi connectivity index (χ0) is 17.1. The third-order valence-electron chi connectivity index (χ3n) is 4.56. The first-order valence-electron chi connectivity index (χ1n) is 8.70. The van der Waals surface area contributed by atoms with Gasteiger partial charge in [0.1, 0.15) is 16.7 Å². The summed E-state index contributed by atoms with van der Waals surface area (Å²) in [5, 5.41) is 4.93. The van der Waals surface area contributed by atoms with Gasteiger partial charge in [-0.15, -0.1) is 0 Å². The fourth-order valence-corrected chi connectivity index (χ4v) is 4.32. The lowest BCUT2D eigenvalue weighted by Crippen LogP contribution is -2.16. The molecule has 0 unspecified atom stereocenters. The maximum absolute atomic E-state index is 5.90. The van der Waals surface area contributed by atoms with E-state index in [9.17, 15) is 0 Å². The van der Waals surface area contributed by atoms with Gasteiger partial charge >= 0.3 is 0 Å². The maximum atomic E-state index is 5.90. The molecular weight excluding hydrogens is 354 g/mol. The van der Waals surface area contributed by atoms with Gasteiger partial charge < -0.3 is 10.1 Å². The number of pyridine rings is 1. The molecule has 3 aromatic rings. The number of hydrogen-bond donors (Lipinski definition) is 1. The van der Waals surface area contributed by atoms with Gasteiger partial charge in [0.15, 0.2) is 5.13 Å². The molecule has 0 amide bonds. The van der Waals surface area contributed by atoms with Gasteiger partial charge in [0.2, 0.25) is 0 Å². The Morgan fingerprint density at radius 2 is 1.96 bits per heavy atom. The van der Waals surface area contributed by atoms with Gasteiger partial charge in [0.25, 0.3) is 0 Å².